The number of ether oxygens (including phenoxy) is 2. The summed E-state index contributed by atoms with van der Waals surface area (Å²) < 4.78 is 9.42. The summed E-state index contributed by atoms with van der Waals surface area (Å²) in [7, 11) is 1.22. The molecule has 0 radical (unpaired) electrons. The summed E-state index contributed by atoms with van der Waals surface area (Å²) in [5.74, 6) is -2.03. The number of benzene rings is 1. The van der Waals surface area contributed by atoms with Gasteiger partial charge in [0, 0.05) is 11.6 Å². The molecule has 0 bridgehead atoms. The highest BCUT2D eigenvalue weighted by molar-refractivity contribution is 7.12. The number of nitro benzene ring substituents is 1. The Labute approximate surface area is 151 Å². The molecule has 2 aromatic rings. The predicted octanol–water partition coefficient (Wildman–Crippen LogP) is 2.17. The summed E-state index contributed by atoms with van der Waals surface area (Å²) in [6.45, 7) is -0.587. The van der Waals surface area contributed by atoms with E-state index in [2.05, 4.69) is 10.1 Å². The van der Waals surface area contributed by atoms with Gasteiger partial charge in [0.25, 0.3) is 11.6 Å². The van der Waals surface area contributed by atoms with Gasteiger partial charge in [0.2, 0.25) is 0 Å². The van der Waals surface area contributed by atoms with Crippen LogP contribution in [0.1, 0.15) is 15.2 Å². The number of esters is 2. The molecule has 0 saturated carbocycles. The lowest BCUT2D eigenvalue weighted by Gasteiger charge is -2.07. The van der Waals surface area contributed by atoms with Crippen LogP contribution in [0.5, 0.6) is 0 Å². The van der Waals surface area contributed by atoms with Crippen molar-refractivity contribution in [2.45, 2.75) is 6.42 Å². The number of nitrogens with one attached hydrogen (secondary N) is 1. The number of para-hydroxylation sites is 1. The lowest BCUT2D eigenvalue weighted by molar-refractivity contribution is -0.385. The second-order valence-electron chi connectivity index (χ2n) is 4.93. The fourth-order valence-electron chi connectivity index (χ4n) is 2.04. The SMILES string of the molecule is COC(=O)c1sccc1NC(=O)COC(=O)Cc1ccccc1[N+](=O)[O-]. The third kappa shape index (κ3) is 4.86. The first kappa shape index (κ1) is 19.1. The van der Waals surface area contributed by atoms with Crippen LogP contribution in [0.25, 0.3) is 0 Å². The van der Waals surface area contributed by atoms with Gasteiger partial charge in [-0.3, -0.25) is 19.7 Å². The number of methoxy groups -OCH3 is 1. The monoisotopic (exact) mass is 378 g/mol. The van der Waals surface area contributed by atoms with Crippen molar-refractivity contribution in [3.05, 3.63) is 56.3 Å². The third-order valence-corrected chi connectivity index (χ3v) is 4.09. The molecule has 26 heavy (non-hydrogen) atoms. The fourth-order valence-corrected chi connectivity index (χ4v) is 2.80. The number of carbonyl (C=O) groups is 3. The summed E-state index contributed by atoms with van der Waals surface area (Å²) in [4.78, 5) is 45.7. The van der Waals surface area contributed by atoms with Gasteiger partial charge in [0.05, 0.1) is 24.1 Å². The highest BCUT2D eigenvalue weighted by Gasteiger charge is 2.18. The number of nitrogens with zero attached hydrogens (tertiary/aromatic N) is 1. The van der Waals surface area contributed by atoms with E-state index >= 15 is 0 Å². The molecule has 1 heterocycles. The number of thiophene rings is 1. The van der Waals surface area contributed by atoms with E-state index in [0.717, 1.165) is 11.3 Å². The molecule has 0 unspecified atom stereocenters. The molecule has 0 spiro atoms. The maximum absolute atomic E-state index is 11.9. The molecular weight excluding hydrogens is 364 g/mol. The number of amides is 1. The van der Waals surface area contributed by atoms with E-state index in [1.54, 1.807) is 11.4 Å². The molecule has 1 aromatic heterocycles. The smallest absolute Gasteiger partial charge is 0.350 e. The third-order valence-electron chi connectivity index (χ3n) is 3.20. The normalized spacial score (nSPS) is 10.0. The summed E-state index contributed by atoms with van der Waals surface area (Å²) in [5.41, 5.74) is 0.241. The van der Waals surface area contributed by atoms with Crippen molar-refractivity contribution in [2.75, 3.05) is 19.0 Å². The average molecular weight is 378 g/mol. The Hall–Kier alpha value is -3.27. The molecule has 1 N–H and O–H groups in total. The van der Waals surface area contributed by atoms with Gasteiger partial charge < -0.3 is 14.8 Å². The lowest BCUT2D eigenvalue weighted by Crippen LogP contribution is -2.22. The zero-order valence-electron chi connectivity index (χ0n) is 13.6. The Bertz CT molecular complexity index is 847. The van der Waals surface area contributed by atoms with E-state index in [1.165, 1.54) is 31.4 Å². The van der Waals surface area contributed by atoms with Gasteiger partial charge in [0.15, 0.2) is 6.61 Å². The minimum Gasteiger partial charge on any atom is -0.465 e. The minimum atomic E-state index is -0.784. The highest BCUT2D eigenvalue weighted by atomic mass is 32.1. The van der Waals surface area contributed by atoms with Crippen molar-refractivity contribution >= 4 is 40.6 Å². The number of nitro groups is 1. The largest absolute Gasteiger partial charge is 0.465 e. The molecule has 1 amide bonds. The molecule has 9 nitrogen and oxygen atoms in total. The number of hydrogen-bond donors (Lipinski definition) is 1. The first-order valence-corrected chi connectivity index (χ1v) is 8.14. The van der Waals surface area contributed by atoms with Crippen LogP contribution in [0.2, 0.25) is 0 Å². The molecule has 0 saturated heterocycles. The van der Waals surface area contributed by atoms with E-state index in [4.69, 9.17) is 4.74 Å². The summed E-state index contributed by atoms with van der Waals surface area (Å²) in [6, 6.07) is 7.28. The second-order valence-corrected chi connectivity index (χ2v) is 5.84. The molecule has 2 rings (SSSR count). The number of anilines is 1. The van der Waals surface area contributed by atoms with Crippen LogP contribution in [-0.4, -0.2) is 36.5 Å². The minimum absolute atomic E-state index is 0.189. The van der Waals surface area contributed by atoms with Crippen molar-refractivity contribution in [1.82, 2.24) is 0 Å². The van der Waals surface area contributed by atoms with Crippen molar-refractivity contribution < 1.29 is 28.8 Å². The molecule has 0 aliphatic carbocycles. The van der Waals surface area contributed by atoms with Gasteiger partial charge in [-0.15, -0.1) is 11.3 Å². The van der Waals surface area contributed by atoms with Crippen molar-refractivity contribution in [2.24, 2.45) is 0 Å². The fraction of sp³-hybridized carbons (Fsp3) is 0.188. The van der Waals surface area contributed by atoms with Crippen molar-refractivity contribution in [3.8, 4) is 0 Å². The van der Waals surface area contributed by atoms with E-state index < -0.39 is 29.4 Å². The molecule has 10 heteroatoms. The van der Waals surface area contributed by atoms with Gasteiger partial charge in [-0.25, -0.2) is 4.79 Å². The first-order chi connectivity index (χ1) is 12.4. The standard InChI is InChI=1S/C16H14N2O7S/c1-24-16(21)15-11(6-7-26-15)17-13(19)9-25-14(20)8-10-4-2-3-5-12(10)18(22)23/h2-7H,8-9H2,1H3,(H,17,19). The summed E-state index contributed by atoms with van der Waals surface area (Å²) in [5, 5.41) is 15.0. The Balaban J connectivity index is 1.90. The van der Waals surface area contributed by atoms with Crippen molar-refractivity contribution in [1.29, 1.82) is 0 Å². The van der Waals surface area contributed by atoms with Gasteiger partial charge in [-0.05, 0) is 11.4 Å². The Kier molecular flexibility index (Phi) is 6.39. The predicted molar refractivity (Wildman–Crippen MR) is 92.0 cm³/mol. The molecule has 0 fully saturated rings. The van der Waals surface area contributed by atoms with Crippen LogP contribution in [-0.2, 0) is 25.5 Å². The Morgan fingerprint density at radius 3 is 2.65 bits per heavy atom. The summed E-state index contributed by atoms with van der Waals surface area (Å²) in [6.07, 6.45) is -0.337. The van der Waals surface area contributed by atoms with E-state index in [-0.39, 0.29) is 28.2 Å². The van der Waals surface area contributed by atoms with Crippen molar-refractivity contribution in [3.63, 3.8) is 0 Å². The zero-order valence-corrected chi connectivity index (χ0v) is 14.4. The Morgan fingerprint density at radius 1 is 1.23 bits per heavy atom. The maximum atomic E-state index is 11.9. The van der Waals surface area contributed by atoms with Crippen LogP contribution in [0.15, 0.2) is 35.7 Å². The molecule has 136 valence electrons. The average Bonchev–Trinajstić information content (AvgIpc) is 3.07. The van der Waals surface area contributed by atoms with E-state index in [0.29, 0.717) is 0 Å². The molecule has 1 aromatic carbocycles. The van der Waals surface area contributed by atoms with Crippen LogP contribution < -0.4 is 5.32 Å². The topological polar surface area (TPSA) is 125 Å². The molecule has 0 aliphatic rings. The Morgan fingerprint density at radius 2 is 1.96 bits per heavy atom. The quantitative estimate of drug-likeness (QED) is 0.444. The first-order valence-electron chi connectivity index (χ1n) is 7.26. The zero-order chi connectivity index (χ0) is 19.1. The summed E-state index contributed by atoms with van der Waals surface area (Å²) >= 11 is 1.09. The molecule has 0 atom stereocenters. The lowest BCUT2D eigenvalue weighted by atomic mass is 10.1. The number of rotatable bonds is 7. The maximum Gasteiger partial charge on any atom is 0.350 e. The second kappa shape index (κ2) is 8.72. The van der Waals surface area contributed by atoms with Gasteiger partial charge in [-0.2, -0.15) is 0 Å². The van der Waals surface area contributed by atoms with Crippen LogP contribution in [0, 0.1) is 10.1 Å². The van der Waals surface area contributed by atoms with Gasteiger partial charge >= 0.3 is 11.9 Å². The van der Waals surface area contributed by atoms with E-state index in [9.17, 15) is 24.5 Å². The number of carbonyl (C=O) groups excluding carboxylic acids is 3. The van der Waals surface area contributed by atoms with Gasteiger partial charge in [-0.1, -0.05) is 18.2 Å². The van der Waals surface area contributed by atoms with Crippen LogP contribution in [0.3, 0.4) is 0 Å². The number of hydrogen-bond acceptors (Lipinski definition) is 8. The van der Waals surface area contributed by atoms with Crippen LogP contribution in [0.4, 0.5) is 11.4 Å². The van der Waals surface area contributed by atoms with E-state index in [1.807, 2.05) is 0 Å². The highest BCUT2D eigenvalue weighted by Crippen LogP contribution is 2.23. The van der Waals surface area contributed by atoms with Gasteiger partial charge in [0.1, 0.15) is 4.88 Å². The van der Waals surface area contributed by atoms with Crippen LogP contribution >= 0.6 is 11.3 Å². The molecule has 0 aliphatic heterocycles. The molecular formula is C16H14N2O7S.